The van der Waals surface area contributed by atoms with E-state index in [1.165, 1.54) is 25.9 Å². The predicted octanol–water partition coefficient (Wildman–Crippen LogP) is 1.66. The zero-order valence-electron chi connectivity index (χ0n) is 21.1. The van der Waals surface area contributed by atoms with Crippen molar-refractivity contribution in [1.29, 1.82) is 0 Å². The maximum atomic E-state index is 12.7. The smallest absolute Gasteiger partial charge is 0.475 e. The van der Waals surface area contributed by atoms with Crippen molar-refractivity contribution in [2.24, 2.45) is 7.05 Å². The van der Waals surface area contributed by atoms with E-state index in [0.29, 0.717) is 32.0 Å². The van der Waals surface area contributed by atoms with E-state index in [9.17, 15) is 31.1 Å². The number of aromatic nitrogens is 5. The van der Waals surface area contributed by atoms with E-state index < -0.39 is 24.3 Å². The average molecular weight is 587 g/mol. The third kappa shape index (κ3) is 9.78. The van der Waals surface area contributed by atoms with Crippen molar-refractivity contribution in [1.82, 2.24) is 35.0 Å². The van der Waals surface area contributed by atoms with Gasteiger partial charge in [-0.2, -0.15) is 31.4 Å². The number of amides is 1. The van der Waals surface area contributed by atoms with Gasteiger partial charge in [0.2, 0.25) is 0 Å². The van der Waals surface area contributed by atoms with E-state index in [1.54, 1.807) is 17.2 Å². The molecule has 13 nitrogen and oxygen atoms in total. The van der Waals surface area contributed by atoms with Gasteiger partial charge in [-0.1, -0.05) is 5.21 Å². The van der Waals surface area contributed by atoms with E-state index >= 15 is 0 Å². The van der Waals surface area contributed by atoms with Gasteiger partial charge < -0.3 is 24.7 Å². The fourth-order valence-corrected chi connectivity index (χ4v) is 3.87. The predicted molar refractivity (Wildman–Crippen MR) is 121 cm³/mol. The maximum absolute atomic E-state index is 12.7. The quantitative estimate of drug-likeness (QED) is 0.334. The highest BCUT2D eigenvalue weighted by atomic mass is 19.4. The summed E-state index contributed by atoms with van der Waals surface area (Å²) in [5, 5.41) is 29.2. The molecule has 1 fully saturated rings. The van der Waals surface area contributed by atoms with Crippen LogP contribution in [-0.4, -0.2) is 115 Å². The lowest BCUT2D eigenvalue weighted by Crippen LogP contribution is -2.40. The van der Waals surface area contributed by atoms with Gasteiger partial charge in [0.05, 0.1) is 25.5 Å². The molecule has 0 aromatic carbocycles. The summed E-state index contributed by atoms with van der Waals surface area (Å²) in [6.45, 7) is 5.66. The minimum absolute atomic E-state index is 0.0686. The number of nitrogens with zero attached hydrogens (tertiary/aromatic N) is 6. The van der Waals surface area contributed by atoms with Gasteiger partial charge in [0.1, 0.15) is 11.4 Å². The van der Waals surface area contributed by atoms with Crippen LogP contribution < -0.4 is 0 Å². The first kappa shape index (κ1) is 32.5. The monoisotopic (exact) mass is 587 g/mol. The van der Waals surface area contributed by atoms with Gasteiger partial charge in [-0.05, 0) is 32.0 Å². The van der Waals surface area contributed by atoms with Crippen LogP contribution in [-0.2, 0) is 27.9 Å². The van der Waals surface area contributed by atoms with Crippen LogP contribution in [0.1, 0.15) is 40.6 Å². The van der Waals surface area contributed by atoms with Crippen molar-refractivity contribution in [3.8, 4) is 0 Å². The Bertz CT molecular complexity index is 1090. The Balaban J connectivity index is 0.000000333. The number of carbonyl (C=O) groups excluding carboxylic acids is 1. The van der Waals surface area contributed by atoms with Crippen molar-refractivity contribution in [3.05, 3.63) is 29.3 Å². The number of carboxylic acids is 2. The van der Waals surface area contributed by atoms with Crippen LogP contribution in [0.15, 0.2) is 12.3 Å². The molecular weight excluding hydrogens is 560 g/mol. The van der Waals surface area contributed by atoms with Crippen molar-refractivity contribution < 1.29 is 55.7 Å². The molecule has 1 saturated heterocycles. The molecule has 1 unspecified atom stereocenters. The Labute approximate surface area is 222 Å². The van der Waals surface area contributed by atoms with E-state index in [-0.39, 0.29) is 11.8 Å². The lowest BCUT2D eigenvalue weighted by atomic mass is 9.98. The molecule has 2 aromatic heterocycles. The van der Waals surface area contributed by atoms with Crippen LogP contribution in [0, 0.1) is 0 Å². The third-order valence-corrected chi connectivity index (χ3v) is 5.68. The molecule has 1 amide bonds. The van der Waals surface area contributed by atoms with Crippen LogP contribution in [0.2, 0.25) is 0 Å². The van der Waals surface area contributed by atoms with Crippen LogP contribution in [0.4, 0.5) is 26.3 Å². The Kier molecular flexibility index (Phi) is 11.4. The maximum Gasteiger partial charge on any atom is 0.490 e. The number of hydrogen-bond acceptors (Lipinski definition) is 8. The number of nitrogens with one attached hydrogen (secondary N) is 1. The number of fused-ring (bicyclic) bond motifs is 1. The van der Waals surface area contributed by atoms with Crippen molar-refractivity contribution in [2.45, 2.75) is 37.7 Å². The number of aliphatic carboxylic acids is 2. The molecule has 3 N–H and O–H groups in total. The first-order valence-electron chi connectivity index (χ1n) is 11.7. The summed E-state index contributed by atoms with van der Waals surface area (Å²) in [6.07, 6.45) is -6.00. The summed E-state index contributed by atoms with van der Waals surface area (Å²) >= 11 is 0. The Morgan fingerprint density at radius 3 is 2.15 bits per heavy atom. The Morgan fingerprint density at radius 1 is 1.07 bits per heavy atom. The second-order valence-corrected chi connectivity index (χ2v) is 8.63. The zero-order valence-corrected chi connectivity index (χ0v) is 21.1. The van der Waals surface area contributed by atoms with E-state index in [2.05, 4.69) is 25.4 Å². The topological polar surface area (TPSA) is 167 Å². The van der Waals surface area contributed by atoms with Gasteiger partial charge in [-0.3, -0.25) is 14.6 Å². The molecule has 0 bridgehead atoms. The van der Waals surface area contributed by atoms with Crippen LogP contribution in [0.5, 0.6) is 0 Å². The normalized spacial score (nSPS) is 17.3. The number of aryl methyl sites for hydroxylation is 1. The molecule has 4 heterocycles. The number of H-pyrrole nitrogens is 1. The fraction of sp³-hybridized carbons (Fsp3) is 0.619. The summed E-state index contributed by atoms with van der Waals surface area (Å²) < 4.78 is 71.2. The van der Waals surface area contributed by atoms with Crippen molar-refractivity contribution >= 4 is 17.8 Å². The van der Waals surface area contributed by atoms with Gasteiger partial charge in [0.15, 0.2) is 0 Å². The summed E-state index contributed by atoms with van der Waals surface area (Å²) in [6, 6.07) is 1.69. The first-order chi connectivity index (χ1) is 18.6. The molecule has 1 atom stereocenters. The summed E-state index contributed by atoms with van der Waals surface area (Å²) in [5.74, 6) is -5.51. The summed E-state index contributed by atoms with van der Waals surface area (Å²) in [7, 11) is 1.90. The highest BCUT2D eigenvalue weighted by Gasteiger charge is 2.39. The number of alkyl halides is 6. The van der Waals surface area contributed by atoms with Crippen LogP contribution in [0.3, 0.4) is 0 Å². The van der Waals surface area contributed by atoms with Crippen molar-refractivity contribution in [3.63, 3.8) is 0 Å². The second kappa shape index (κ2) is 14.1. The highest BCUT2D eigenvalue weighted by Crippen LogP contribution is 2.27. The van der Waals surface area contributed by atoms with Gasteiger partial charge in [0.25, 0.3) is 5.91 Å². The van der Waals surface area contributed by atoms with Gasteiger partial charge in [-0.15, -0.1) is 5.10 Å². The molecule has 224 valence electrons. The third-order valence-electron chi connectivity index (χ3n) is 5.68. The number of rotatable bonds is 6. The Hall–Kier alpha value is -3.74. The average Bonchev–Trinajstić information content (AvgIpc) is 3.64. The Morgan fingerprint density at radius 2 is 1.65 bits per heavy atom. The SMILES string of the molecule is Cn1nnc2c1C(COCCN1CCCC1)CN(C(=O)c1ccn[nH]1)C2.O=C(O)C(F)(F)F.O=C(O)C(F)(F)F. The molecule has 0 aliphatic carbocycles. The second-order valence-electron chi connectivity index (χ2n) is 8.63. The lowest BCUT2D eigenvalue weighted by molar-refractivity contribution is -0.193. The van der Waals surface area contributed by atoms with Gasteiger partial charge >= 0.3 is 24.3 Å². The minimum atomic E-state index is -5.08. The largest absolute Gasteiger partial charge is 0.490 e. The molecule has 0 saturated carbocycles. The van der Waals surface area contributed by atoms with Gasteiger partial charge in [-0.25, -0.2) is 9.59 Å². The van der Waals surface area contributed by atoms with Crippen LogP contribution in [0.25, 0.3) is 0 Å². The number of halogens is 6. The highest BCUT2D eigenvalue weighted by molar-refractivity contribution is 5.92. The first-order valence-corrected chi connectivity index (χ1v) is 11.7. The summed E-state index contributed by atoms with van der Waals surface area (Å²) in [4.78, 5) is 34.7. The molecule has 4 rings (SSSR count). The molecule has 2 aliphatic rings. The van der Waals surface area contributed by atoms with E-state index in [1.807, 2.05) is 11.7 Å². The number of ether oxygens (including phenoxy) is 1. The molecule has 2 aliphatic heterocycles. The molecule has 0 radical (unpaired) electrons. The standard InChI is InChI=1S/C17H25N7O2.2C2HF3O2/c1-22-16-13(12-26-9-8-23-6-2-3-7-23)10-24(11-15(16)20-21-22)17(25)14-4-5-18-19-14;2*3-2(4,5)1(6)7/h4-5,13H,2-3,6-12H2,1H3,(H,18,19);2*(H,6,7). The molecular formula is C21H27F6N7O6. The minimum Gasteiger partial charge on any atom is -0.475 e. The van der Waals surface area contributed by atoms with Crippen LogP contribution >= 0.6 is 0 Å². The molecule has 2 aromatic rings. The van der Waals surface area contributed by atoms with E-state index in [0.717, 1.165) is 17.9 Å². The zero-order chi connectivity index (χ0) is 30.1. The number of likely N-dealkylation sites (tertiary alicyclic amines) is 1. The van der Waals surface area contributed by atoms with Gasteiger partial charge in [0, 0.05) is 32.3 Å². The number of aromatic amines is 1. The number of hydrogen-bond donors (Lipinski definition) is 3. The number of carboxylic acid groups (broad SMARTS) is 2. The fourth-order valence-electron chi connectivity index (χ4n) is 3.87. The molecule has 0 spiro atoms. The number of carbonyl (C=O) groups is 3. The lowest BCUT2D eigenvalue weighted by Gasteiger charge is -2.32. The summed E-state index contributed by atoms with van der Waals surface area (Å²) in [5.41, 5.74) is 2.41. The molecule has 19 heteroatoms. The molecule has 40 heavy (non-hydrogen) atoms. The van der Waals surface area contributed by atoms with E-state index in [4.69, 9.17) is 24.5 Å². The van der Waals surface area contributed by atoms with Crippen molar-refractivity contribution in [2.75, 3.05) is 39.4 Å².